The van der Waals surface area contributed by atoms with E-state index in [4.69, 9.17) is 0 Å². The molecular weight excluding hydrogens is 308 g/mol. The molecule has 0 saturated carbocycles. The molecular formula is C16H24N6O2. The number of anilines is 2. The predicted molar refractivity (Wildman–Crippen MR) is 92.0 cm³/mol. The van der Waals surface area contributed by atoms with Gasteiger partial charge in [0.25, 0.3) is 5.91 Å². The van der Waals surface area contributed by atoms with Crippen LogP contribution in [-0.2, 0) is 11.3 Å². The monoisotopic (exact) mass is 332 g/mol. The van der Waals surface area contributed by atoms with Crippen LogP contribution in [0.15, 0.2) is 12.1 Å². The van der Waals surface area contributed by atoms with Gasteiger partial charge in [-0.25, -0.2) is 15.4 Å². The summed E-state index contributed by atoms with van der Waals surface area (Å²) < 4.78 is 0. The zero-order chi connectivity index (χ0) is 18.1. The third-order valence-electron chi connectivity index (χ3n) is 2.89. The van der Waals surface area contributed by atoms with E-state index < -0.39 is 5.91 Å². The van der Waals surface area contributed by atoms with Gasteiger partial charge in [0, 0.05) is 11.8 Å². The number of hydroxylamine groups is 1. The summed E-state index contributed by atoms with van der Waals surface area (Å²) in [5.41, 5.74) is 4.09. The summed E-state index contributed by atoms with van der Waals surface area (Å²) in [5.74, 6) is 1.40. The van der Waals surface area contributed by atoms with Crippen LogP contribution in [0.4, 0.5) is 11.6 Å². The first-order chi connectivity index (χ1) is 11.5. The number of nitrogens with one attached hydrogen (secondary N) is 2. The van der Waals surface area contributed by atoms with Crippen molar-refractivity contribution in [3.05, 3.63) is 34.9 Å². The van der Waals surface area contributed by atoms with Gasteiger partial charge in [-0.05, 0) is 31.9 Å². The molecule has 0 bridgehead atoms. The van der Waals surface area contributed by atoms with Crippen LogP contribution in [0.3, 0.4) is 0 Å². The van der Waals surface area contributed by atoms with Gasteiger partial charge in [-0.2, -0.15) is 0 Å². The van der Waals surface area contributed by atoms with Gasteiger partial charge in [0.05, 0.1) is 7.11 Å². The van der Waals surface area contributed by atoms with E-state index >= 15 is 0 Å². The fourth-order valence-electron chi connectivity index (χ4n) is 2.01. The van der Waals surface area contributed by atoms with Crippen molar-refractivity contribution in [3.8, 4) is 0 Å². The molecule has 0 aliphatic carbocycles. The van der Waals surface area contributed by atoms with Gasteiger partial charge >= 0.3 is 0 Å². The van der Waals surface area contributed by atoms with E-state index in [0.29, 0.717) is 23.9 Å². The summed E-state index contributed by atoms with van der Waals surface area (Å²) in [6.07, 6.45) is 0.637. The Balaban J connectivity index is 0.00000139. The average Bonchev–Trinajstić information content (AvgIpc) is 2.55. The number of amides is 1. The molecule has 2 aromatic rings. The molecule has 0 radical (unpaired) electrons. The van der Waals surface area contributed by atoms with Crippen LogP contribution in [0.2, 0.25) is 0 Å². The minimum atomic E-state index is -0.424. The number of nitrogens with zero attached hydrogens (tertiary/aromatic N) is 4. The summed E-state index contributed by atoms with van der Waals surface area (Å²) in [5, 5.41) is 11.0. The normalized spacial score (nSPS) is 9.75. The Hall–Kier alpha value is -2.61. The van der Waals surface area contributed by atoms with Crippen molar-refractivity contribution in [3.63, 3.8) is 0 Å². The Morgan fingerprint density at radius 1 is 1.12 bits per heavy atom. The molecule has 0 unspecified atom stereocenters. The highest BCUT2D eigenvalue weighted by Crippen LogP contribution is 2.16. The lowest BCUT2D eigenvalue weighted by atomic mass is 10.1. The Kier molecular flexibility index (Phi) is 7.70. The van der Waals surface area contributed by atoms with Crippen molar-refractivity contribution in [2.75, 3.05) is 12.4 Å². The molecule has 0 fully saturated rings. The standard InChI is InChI=1S/C14H18N6O2.C2H6/c1-5-10-7-12(18-19-13(10)14(21)20-22-4)17-11-6-8(2)15-9(3)16-11;1-2/h6-7H,5H2,1-4H3,(H,20,21)(H,15,16,17,18);1-2H3. The second kappa shape index (κ2) is 9.51. The SMILES string of the molecule is CC.CCc1cc(Nc2cc(C)nc(C)n2)nnc1C(=O)NOC. The third-order valence-corrected chi connectivity index (χ3v) is 2.89. The molecule has 8 nitrogen and oxygen atoms in total. The Bertz CT molecular complexity index is 670. The van der Waals surface area contributed by atoms with Crippen LogP contribution in [-0.4, -0.2) is 33.2 Å². The molecule has 2 aromatic heterocycles. The van der Waals surface area contributed by atoms with Crippen LogP contribution in [0.5, 0.6) is 0 Å². The highest BCUT2D eigenvalue weighted by Gasteiger charge is 2.14. The highest BCUT2D eigenvalue weighted by molar-refractivity contribution is 5.93. The van der Waals surface area contributed by atoms with Crippen LogP contribution >= 0.6 is 0 Å². The van der Waals surface area contributed by atoms with Crippen molar-refractivity contribution in [2.24, 2.45) is 0 Å². The lowest BCUT2D eigenvalue weighted by molar-refractivity contribution is 0.0530. The van der Waals surface area contributed by atoms with Gasteiger partial charge in [0.15, 0.2) is 11.5 Å². The molecule has 2 heterocycles. The molecule has 8 heteroatoms. The summed E-state index contributed by atoms with van der Waals surface area (Å²) in [7, 11) is 1.37. The maximum atomic E-state index is 11.8. The summed E-state index contributed by atoms with van der Waals surface area (Å²) in [6, 6.07) is 3.58. The van der Waals surface area contributed by atoms with E-state index in [1.165, 1.54) is 7.11 Å². The molecule has 0 spiro atoms. The van der Waals surface area contributed by atoms with Gasteiger partial charge in [-0.3, -0.25) is 9.63 Å². The van der Waals surface area contributed by atoms with Crippen LogP contribution in [0.1, 0.15) is 48.3 Å². The Morgan fingerprint density at radius 3 is 2.42 bits per heavy atom. The van der Waals surface area contributed by atoms with Gasteiger partial charge in [-0.15, -0.1) is 10.2 Å². The van der Waals surface area contributed by atoms with Crippen molar-refractivity contribution in [2.45, 2.75) is 41.0 Å². The molecule has 0 atom stereocenters. The number of aromatic nitrogens is 4. The summed E-state index contributed by atoms with van der Waals surface area (Å²) in [6.45, 7) is 9.64. The summed E-state index contributed by atoms with van der Waals surface area (Å²) >= 11 is 0. The van der Waals surface area contributed by atoms with Gasteiger partial charge in [0.2, 0.25) is 0 Å². The van der Waals surface area contributed by atoms with Crippen molar-refractivity contribution >= 4 is 17.5 Å². The van der Waals surface area contributed by atoms with Crippen molar-refractivity contribution < 1.29 is 9.63 Å². The number of rotatable bonds is 5. The molecule has 130 valence electrons. The quantitative estimate of drug-likeness (QED) is 0.811. The fraction of sp³-hybridized carbons (Fsp3) is 0.438. The molecule has 0 aromatic carbocycles. The lowest BCUT2D eigenvalue weighted by Gasteiger charge is -2.09. The minimum Gasteiger partial charge on any atom is -0.323 e. The van der Waals surface area contributed by atoms with E-state index in [1.807, 2.05) is 40.7 Å². The predicted octanol–water partition coefficient (Wildman–Crippen LogP) is 2.51. The molecule has 0 aliphatic rings. The number of carbonyl (C=O) groups excluding carboxylic acids is 1. The first-order valence-electron chi connectivity index (χ1n) is 7.82. The first kappa shape index (κ1) is 19.4. The third kappa shape index (κ3) is 5.24. The van der Waals surface area contributed by atoms with Crippen molar-refractivity contribution in [1.29, 1.82) is 0 Å². The lowest BCUT2D eigenvalue weighted by Crippen LogP contribution is -2.25. The van der Waals surface area contributed by atoms with Gasteiger partial charge in [-0.1, -0.05) is 20.8 Å². The molecule has 2 N–H and O–H groups in total. The number of aryl methyl sites for hydroxylation is 3. The molecule has 0 aliphatic heterocycles. The van der Waals surface area contributed by atoms with Crippen LogP contribution in [0, 0.1) is 13.8 Å². The van der Waals surface area contributed by atoms with E-state index in [0.717, 1.165) is 11.3 Å². The second-order valence-corrected chi connectivity index (χ2v) is 4.66. The number of hydrogen-bond acceptors (Lipinski definition) is 7. The van der Waals surface area contributed by atoms with E-state index in [1.54, 1.807) is 6.07 Å². The molecule has 24 heavy (non-hydrogen) atoms. The second-order valence-electron chi connectivity index (χ2n) is 4.66. The number of carbonyl (C=O) groups is 1. The van der Waals surface area contributed by atoms with Gasteiger partial charge in [0.1, 0.15) is 11.6 Å². The largest absolute Gasteiger partial charge is 0.323 e. The summed E-state index contributed by atoms with van der Waals surface area (Å²) in [4.78, 5) is 24.9. The van der Waals surface area contributed by atoms with Crippen molar-refractivity contribution in [1.82, 2.24) is 25.6 Å². The first-order valence-corrected chi connectivity index (χ1v) is 7.82. The highest BCUT2D eigenvalue weighted by atomic mass is 16.6. The van der Waals surface area contributed by atoms with Crippen LogP contribution in [0.25, 0.3) is 0 Å². The molecule has 1 amide bonds. The molecule has 0 saturated heterocycles. The van der Waals surface area contributed by atoms with Gasteiger partial charge < -0.3 is 5.32 Å². The number of hydrogen-bond donors (Lipinski definition) is 2. The maximum Gasteiger partial charge on any atom is 0.295 e. The smallest absolute Gasteiger partial charge is 0.295 e. The minimum absolute atomic E-state index is 0.241. The average molecular weight is 332 g/mol. The zero-order valence-corrected chi connectivity index (χ0v) is 15.0. The van der Waals surface area contributed by atoms with Crippen LogP contribution < -0.4 is 10.8 Å². The maximum absolute atomic E-state index is 11.8. The fourth-order valence-corrected chi connectivity index (χ4v) is 2.01. The van der Waals surface area contributed by atoms with E-state index in [-0.39, 0.29) is 5.69 Å². The van der Waals surface area contributed by atoms with E-state index in [9.17, 15) is 4.79 Å². The zero-order valence-electron chi connectivity index (χ0n) is 15.0. The Morgan fingerprint density at radius 2 is 1.83 bits per heavy atom. The van der Waals surface area contributed by atoms with E-state index in [2.05, 4.69) is 35.8 Å². The Labute approximate surface area is 142 Å². The molecule has 2 rings (SSSR count). The topological polar surface area (TPSA) is 102 Å².